The molecule has 0 spiro atoms. The maximum atomic E-state index is 13.0. The average Bonchev–Trinajstić information content (AvgIpc) is 2.09. The van der Waals surface area contributed by atoms with Gasteiger partial charge in [-0.05, 0) is 18.9 Å². The minimum absolute atomic E-state index is 0.248. The predicted molar refractivity (Wildman–Crippen MR) is 44.4 cm³/mol. The summed E-state index contributed by atoms with van der Waals surface area (Å²) in [6.07, 6.45) is 0. The van der Waals surface area contributed by atoms with Crippen LogP contribution in [0, 0.1) is 17.1 Å². The maximum absolute atomic E-state index is 13.0. The highest BCUT2D eigenvalue weighted by molar-refractivity contribution is 5.33. The van der Waals surface area contributed by atoms with Crippen LogP contribution in [0.15, 0.2) is 23.2 Å². The van der Waals surface area contributed by atoms with Crippen LogP contribution >= 0.6 is 0 Å². The van der Waals surface area contributed by atoms with Gasteiger partial charge in [0.1, 0.15) is 5.82 Å². The first-order valence-electron chi connectivity index (χ1n) is 3.39. The van der Waals surface area contributed by atoms with E-state index in [4.69, 9.17) is 5.26 Å². The Hall–Kier alpha value is -1.69. The van der Waals surface area contributed by atoms with Gasteiger partial charge in [0.25, 0.3) is 0 Å². The first kappa shape index (κ1) is 8.41. The summed E-state index contributed by atoms with van der Waals surface area (Å²) >= 11 is 0. The number of rotatable bonds is 2. The Morgan fingerprint density at radius 1 is 1.58 bits per heavy atom. The van der Waals surface area contributed by atoms with Gasteiger partial charge in [0.15, 0.2) is 0 Å². The molecule has 0 amide bonds. The first-order chi connectivity index (χ1) is 5.77. The Morgan fingerprint density at radius 2 is 2.33 bits per heavy atom. The van der Waals surface area contributed by atoms with Crippen molar-refractivity contribution in [3.05, 3.63) is 35.1 Å². The highest BCUT2D eigenvalue weighted by Gasteiger charge is 2.01. The minimum Gasteiger partial charge on any atom is -0.296 e. The molecule has 0 unspecified atom stereocenters. The van der Waals surface area contributed by atoms with Crippen LogP contribution in [0.1, 0.15) is 11.1 Å². The monoisotopic (exact) mass is 162 g/mol. The molecule has 0 aliphatic carbocycles. The molecule has 0 radical (unpaired) electrons. The van der Waals surface area contributed by atoms with Crippen molar-refractivity contribution in [2.45, 2.75) is 6.54 Å². The Labute approximate surface area is 70.0 Å². The van der Waals surface area contributed by atoms with Crippen molar-refractivity contribution < 1.29 is 4.39 Å². The SMILES string of the molecule is C=NCc1ccc(C#N)cc1F. The van der Waals surface area contributed by atoms with E-state index < -0.39 is 5.82 Å². The first-order valence-corrected chi connectivity index (χ1v) is 3.39. The van der Waals surface area contributed by atoms with Crippen LogP contribution in [0.5, 0.6) is 0 Å². The Kier molecular flexibility index (Phi) is 2.54. The molecule has 0 bridgehead atoms. The summed E-state index contributed by atoms with van der Waals surface area (Å²) in [5, 5.41) is 8.43. The van der Waals surface area contributed by atoms with E-state index in [1.807, 2.05) is 6.07 Å². The van der Waals surface area contributed by atoms with Crippen molar-refractivity contribution in [1.82, 2.24) is 0 Å². The molecule has 0 aromatic heterocycles. The molecule has 60 valence electrons. The molecule has 3 heteroatoms. The zero-order chi connectivity index (χ0) is 8.97. The zero-order valence-corrected chi connectivity index (χ0v) is 6.42. The number of halogens is 1. The van der Waals surface area contributed by atoms with Crippen molar-refractivity contribution in [1.29, 1.82) is 5.26 Å². The molecule has 0 saturated carbocycles. The van der Waals surface area contributed by atoms with E-state index in [-0.39, 0.29) is 6.54 Å². The van der Waals surface area contributed by atoms with Crippen LogP contribution in [0.3, 0.4) is 0 Å². The smallest absolute Gasteiger partial charge is 0.129 e. The second kappa shape index (κ2) is 3.63. The van der Waals surface area contributed by atoms with Crippen molar-refractivity contribution in [2.75, 3.05) is 0 Å². The average molecular weight is 162 g/mol. The van der Waals surface area contributed by atoms with E-state index in [0.717, 1.165) is 0 Å². The van der Waals surface area contributed by atoms with Gasteiger partial charge in [-0.3, -0.25) is 4.99 Å². The summed E-state index contributed by atoms with van der Waals surface area (Å²) in [6, 6.07) is 6.15. The molecular weight excluding hydrogens is 155 g/mol. The van der Waals surface area contributed by atoms with Gasteiger partial charge in [0, 0.05) is 5.56 Å². The van der Waals surface area contributed by atoms with E-state index >= 15 is 0 Å². The highest BCUT2D eigenvalue weighted by Crippen LogP contribution is 2.10. The third-order valence-electron chi connectivity index (χ3n) is 1.46. The van der Waals surface area contributed by atoms with E-state index in [1.54, 1.807) is 12.1 Å². The van der Waals surface area contributed by atoms with E-state index in [1.165, 1.54) is 6.07 Å². The fourth-order valence-corrected chi connectivity index (χ4v) is 0.866. The number of nitriles is 1. The molecular formula is C9H7FN2. The molecule has 2 nitrogen and oxygen atoms in total. The van der Waals surface area contributed by atoms with Gasteiger partial charge < -0.3 is 0 Å². The maximum Gasteiger partial charge on any atom is 0.129 e. The van der Waals surface area contributed by atoms with Crippen LogP contribution in [-0.2, 0) is 6.54 Å². The Balaban J connectivity index is 3.04. The molecule has 0 atom stereocenters. The lowest BCUT2D eigenvalue weighted by molar-refractivity contribution is 0.610. The number of hydrogen-bond acceptors (Lipinski definition) is 2. The molecule has 0 saturated heterocycles. The summed E-state index contributed by atoms with van der Waals surface area (Å²) in [4.78, 5) is 3.55. The summed E-state index contributed by atoms with van der Waals surface area (Å²) in [7, 11) is 0. The fourth-order valence-electron chi connectivity index (χ4n) is 0.866. The largest absolute Gasteiger partial charge is 0.296 e. The predicted octanol–water partition coefficient (Wildman–Crippen LogP) is 1.90. The van der Waals surface area contributed by atoms with Gasteiger partial charge in [-0.1, -0.05) is 6.07 Å². The van der Waals surface area contributed by atoms with Crippen LogP contribution in [0.4, 0.5) is 4.39 Å². The Bertz CT molecular complexity index is 339. The summed E-state index contributed by atoms with van der Waals surface area (Å²) in [6.45, 7) is 3.51. The lowest BCUT2D eigenvalue weighted by Gasteiger charge is -1.97. The fraction of sp³-hybridized carbons (Fsp3) is 0.111. The topological polar surface area (TPSA) is 36.1 Å². The third kappa shape index (κ3) is 1.67. The lowest BCUT2D eigenvalue weighted by Crippen LogP contribution is -1.88. The number of hydrogen-bond donors (Lipinski definition) is 0. The molecule has 0 aliphatic rings. The molecule has 12 heavy (non-hydrogen) atoms. The van der Waals surface area contributed by atoms with Crippen molar-refractivity contribution >= 4 is 6.72 Å². The van der Waals surface area contributed by atoms with Gasteiger partial charge in [-0.15, -0.1) is 0 Å². The third-order valence-corrected chi connectivity index (χ3v) is 1.46. The standard InChI is InChI=1S/C9H7FN2/c1-12-6-8-3-2-7(5-11)4-9(8)10/h2-4H,1,6H2. The van der Waals surface area contributed by atoms with Crippen molar-refractivity contribution in [3.63, 3.8) is 0 Å². The van der Waals surface area contributed by atoms with Gasteiger partial charge in [0.05, 0.1) is 18.2 Å². The van der Waals surface area contributed by atoms with E-state index in [2.05, 4.69) is 11.7 Å². The molecule has 1 aromatic rings. The Morgan fingerprint density at radius 3 is 2.83 bits per heavy atom. The summed E-state index contributed by atoms with van der Waals surface area (Å²) < 4.78 is 13.0. The second-order valence-electron chi connectivity index (χ2n) is 2.30. The summed E-state index contributed by atoms with van der Waals surface area (Å²) in [5.74, 6) is -0.401. The number of nitrogens with zero attached hydrogens (tertiary/aromatic N) is 2. The lowest BCUT2D eigenvalue weighted by atomic mass is 10.1. The van der Waals surface area contributed by atoms with Crippen LogP contribution < -0.4 is 0 Å². The molecule has 1 rings (SSSR count). The quantitative estimate of drug-likeness (QED) is 0.612. The molecule has 0 fully saturated rings. The molecule has 1 aromatic carbocycles. The van der Waals surface area contributed by atoms with Crippen molar-refractivity contribution in [2.24, 2.45) is 4.99 Å². The minimum atomic E-state index is -0.401. The van der Waals surface area contributed by atoms with E-state index in [9.17, 15) is 4.39 Å². The van der Waals surface area contributed by atoms with Crippen LogP contribution in [0.2, 0.25) is 0 Å². The van der Waals surface area contributed by atoms with Gasteiger partial charge in [-0.25, -0.2) is 4.39 Å². The molecule has 0 heterocycles. The van der Waals surface area contributed by atoms with Crippen LogP contribution in [-0.4, -0.2) is 6.72 Å². The molecule has 0 N–H and O–H groups in total. The number of aliphatic imine (C=N–C) groups is 1. The van der Waals surface area contributed by atoms with Crippen molar-refractivity contribution in [3.8, 4) is 6.07 Å². The summed E-state index contributed by atoms with van der Waals surface area (Å²) in [5.41, 5.74) is 0.782. The van der Waals surface area contributed by atoms with Gasteiger partial charge in [-0.2, -0.15) is 5.26 Å². The normalized spacial score (nSPS) is 9.00. The van der Waals surface area contributed by atoms with Gasteiger partial charge >= 0.3 is 0 Å². The number of benzene rings is 1. The molecule has 0 aliphatic heterocycles. The van der Waals surface area contributed by atoms with Gasteiger partial charge in [0.2, 0.25) is 0 Å². The zero-order valence-electron chi connectivity index (χ0n) is 6.42. The van der Waals surface area contributed by atoms with Crippen LogP contribution in [0.25, 0.3) is 0 Å². The van der Waals surface area contributed by atoms with E-state index in [0.29, 0.717) is 11.1 Å². The second-order valence-corrected chi connectivity index (χ2v) is 2.30. The highest BCUT2D eigenvalue weighted by atomic mass is 19.1.